The van der Waals surface area contributed by atoms with Gasteiger partial charge in [-0.25, -0.2) is 0 Å². The second kappa shape index (κ2) is 10.1. The van der Waals surface area contributed by atoms with Crippen molar-refractivity contribution in [1.29, 1.82) is 5.41 Å². The highest BCUT2D eigenvalue weighted by Crippen LogP contribution is 2.02. The fraction of sp³-hybridized carbons (Fsp3) is 0.533. The van der Waals surface area contributed by atoms with Gasteiger partial charge in [0.1, 0.15) is 0 Å². The van der Waals surface area contributed by atoms with Crippen LogP contribution in [-0.2, 0) is 6.42 Å². The van der Waals surface area contributed by atoms with Gasteiger partial charge in [0.25, 0.3) is 0 Å². The molecule has 0 radical (unpaired) electrons. The Bertz CT molecular complexity index is 435. The molecule has 21 heavy (non-hydrogen) atoms. The Morgan fingerprint density at radius 1 is 1.43 bits per heavy atom. The molecule has 1 rings (SSSR count). The van der Waals surface area contributed by atoms with E-state index >= 15 is 0 Å². The third kappa shape index (κ3) is 7.04. The molecular formula is C15H25N5S. The van der Waals surface area contributed by atoms with Crippen molar-refractivity contribution >= 4 is 23.3 Å². The lowest BCUT2D eigenvalue weighted by molar-refractivity contribution is 0.548. The molecule has 1 aromatic heterocycles. The van der Waals surface area contributed by atoms with Gasteiger partial charge in [-0.2, -0.15) is 0 Å². The standard InChI is InChI=1S/C15H25N5S/c1-2-3-4-10-19-15(21)20(14(16)17)11-6-8-13-7-5-9-18-12-13/h5,7,9,12H,2-4,6,8,10-11H2,1H3,(H3,16,17)(H,19,21). The molecular weight excluding hydrogens is 282 g/mol. The van der Waals surface area contributed by atoms with Crippen molar-refractivity contribution in [3.63, 3.8) is 0 Å². The molecule has 0 aliphatic heterocycles. The summed E-state index contributed by atoms with van der Waals surface area (Å²) in [6, 6.07) is 3.98. The first-order valence-corrected chi connectivity index (χ1v) is 7.84. The lowest BCUT2D eigenvalue weighted by Crippen LogP contribution is -2.47. The van der Waals surface area contributed by atoms with Crippen molar-refractivity contribution in [2.75, 3.05) is 13.1 Å². The average molecular weight is 307 g/mol. The molecule has 0 saturated heterocycles. The summed E-state index contributed by atoms with van der Waals surface area (Å²) in [6.07, 6.45) is 8.84. The average Bonchev–Trinajstić information content (AvgIpc) is 2.48. The minimum atomic E-state index is -0.00539. The molecule has 0 aliphatic carbocycles. The summed E-state index contributed by atoms with van der Waals surface area (Å²) in [7, 11) is 0. The fourth-order valence-corrected chi connectivity index (χ4v) is 2.28. The maximum absolute atomic E-state index is 7.65. The Labute approximate surface area is 132 Å². The van der Waals surface area contributed by atoms with E-state index in [9.17, 15) is 0 Å². The van der Waals surface area contributed by atoms with Crippen LogP contribution in [0.4, 0.5) is 0 Å². The number of nitrogens with two attached hydrogens (primary N) is 1. The predicted molar refractivity (Wildman–Crippen MR) is 91.3 cm³/mol. The first-order chi connectivity index (χ1) is 10.1. The normalized spacial score (nSPS) is 10.1. The summed E-state index contributed by atoms with van der Waals surface area (Å²) >= 11 is 5.31. The zero-order valence-corrected chi connectivity index (χ0v) is 13.5. The van der Waals surface area contributed by atoms with Crippen LogP contribution in [0.25, 0.3) is 0 Å². The van der Waals surface area contributed by atoms with Gasteiger partial charge in [0, 0.05) is 25.5 Å². The van der Waals surface area contributed by atoms with Crippen molar-refractivity contribution in [2.45, 2.75) is 39.0 Å². The lowest BCUT2D eigenvalue weighted by atomic mass is 10.1. The van der Waals surface area contributed by atoms with Crippen molar-refractivity contribution in [2.24, 2.45) is 5.73 Å². The fourth-order valence-electron chi connectivity index (χ4n) is 1.98. The zero-order chi connectivity index (χ0) is 15.5. The highest BCUT2D eigenvalue weighted by molar-refractivity contribution is 7.80. The van der Waals surface area contributed by atoms with Crippen molar-refractivity contribution in [3.05, 3.63) is 30.1 Å². The number of nitrogens with one attached hydrogen (secondary N) is 2. The van der Waals surface area contributed by atoms with E-state index in [0.717, 1.165) is 25.8 Å². The van der Waals surface area contributed by atoms with Crippen molar-refractivity contribution in [1.82, 2.24) is 15.2 Å². The molecule has 0 atom stereocenters. The van der Waals surface area contributed by atoms with Gasteiger partial charge in [-0.3, -0.25) is 15.3 Å². The van der Waals surface area contributed by atoms with Crippen LogP contribution in [0, 0.1) is 5.41 Å². The first kappa shape index (κ1) is 17.4. The molecule has 0 amide bonds. The van der Waals surface area contributed by atoms with Crippen LogP contribution in [0.1, 0.15) is 38.2 Å². The van der Waals surface area contributed by atoms with Gasteiger partial charge in [0.15, 0.2) is 11.1 Å². The lowest BCUT2D eigenvalue weighted by Gasteiger charge is -2.24. The van der Waals surface area contributed by atoms with Gasteiger partial charge >= 0.3 is 0 Å². The Balaban J connectivity index is 2.35. The summed E-state index contributed by atoms with van der Waals surface area (Å²) in [5.41, 5.74) is 6.80. The number of aromatic nitrogens is 1. The molecule has 0 spiro atoms. The molecule has 0 unspecified atom stereocenters. The highest BCUT2D eigenvalue weighted by Gasteiger charge is 2.11. The van der Waals surface area contributed by atoms with E-state index in [1.807, 2.05) is 18.3 Å². The Hall–Kier alpha value is -1.69. The van der Waals surface area contributed by atoms with E-state index in [1.54, 1.807) is 11.1 Å². The summed E-state index contributed by atoms with van der Waals surface area (Å²) in [4.78, 5) is 5.74. The number of unbranched alkanes of at least 4 members (excludes halogenated alkanes) is 2. The van der Waals surface area contributed by atoms with E-state index in [1.165, 1.54) is 18.4 Å². The molecule has 0 aromatic carbocycles. The quantitative estimate of drug-likeness (QED) is 0.297. The Morgan fingerprint density at radius 3 is 2.86 bits per heavy atom. The molecule has 1 aromatic rings. The molecule has 0 saturated carbocycles. The second-order valence-corrected chi connectivity index (χ2v) is 5.33. The number of pyridine rings is 1. The molecule has 0 bridgehead atoms. The second-order valence-electron chi connectivity index (χ2n) is 4.94. The van der Waals surface area contributed by atoms with Crippen molar-refractivity contribution in [3.8, 4) is 0 Å². The molecule has 1 heterocycles. The number of rotatable bonds is 8. The number of aryl methyl sites for hydroxylation is 1. The van der Waals surface area contributed by atoms with Crippen LogP contribution in [-0.4, -0.2) is 34.0 Å². The Morgan fingerprint density at radius 2 is 2.24 bits per heavy atom. The summed E-state index contributed by atoms with van der Waals surface area (Å²) in [5.74, 6) is -0.00539. The minimum Gasteiger partial charge on any atom is -0.370 e. The number of thiocarbonyl (C=S) groups is 1. The maximum atomic E-state index is 7.65. The van der Waals surface area contributed by atoms with Crippen LogP contribution in [0.5, 0.6) is 0 Å². The third-order valence-electron chi connectivity index (χ3n) is 3.16. The van der Waals surface area contributed by atoms with Crippen LogP contribution in [0.3, 0.4) is 0 Å². The molecule has 6 heteroatoms. The van der Waals surface area contributed by atoms with Gasteiger partial charge in [0.05, 0.1) is 0 Å². The van der Waals surface area contributed by atoms with E-state index in [0.29, 0.717) is 11.7 Å². The zero-order valence-electron chi connectivity index (χ0n) is 12.6. The van der Waals surface area contributed by atoms with Crippen LogP contribution >= 0.6 is 12.2 Å². The van der Waals surface area contributed by atoms with Gasteiger partial charge in [-0.1, -0.05) is 25.8 Å². The van der Waals surface area contributed by atoms with Crippen LogP contribution in [0.15, 0.2) is 24.5 Å². The number of hydrogen-bond acceptors (Lipinski definition) is 3. The summed E-state index contributed by atoms with van der Waals surface area (Å²) in [6.45, 7) is 3.64. The van der Waals surface area contributed by atoms with Gasteiger partial charge in [-0.05, 0) is 43.1 Å². The largest absolute Gasteiger partial charge is 0.370 e. The minimum absolute atomic E-state index is 0.00539. The number of nitrogens with zero attached hydrogens (tertiary/aromatic N) is 2. The highest BCUT2D eigenvalue weighted by atomic mass is 32.1. The van der Waals surface area contributed by atoms with Gasteiger partial charge in [-0.15, -0.1) is 0 Å². The molecule has 5 nitrogen and oxygen atoms in total. The summed E-state index contributed by atoms with van der Waals surface area (Å²) in [5, 5.41) is 11.4. The monoisotopic (exact) mass is 307 g/mol. The van der Waals surface area contributed by atoms with Crippen LogP contribution in [0.2, 0.25) is 0 Å². The first-order valence-electron chi connectivity index (χ1n) is 7.43. The van der Waals surface area contributed by atoms with Gasteiger partial charge in [0.2, 0.25) is 0 Å². The predicted octanol–water partition coefficient (Wildman–Crippen LogP) is 2.27. The third-order valence-corrected chi connectivity index (χ3v) is 3.53. The smallest absolute Gasteiger partial charge is 0.194 e. The van der Waals surface area contributed by atoms with E-state index < -0.39 is 0 Å². The summed E-state index contributed by atoms with van der Waals surface area (Å²) < 4.78 is 0. The SMILES string of the molecule is CCCCCNC(=S)N(CCCc1cccnc1)C(=N)N. The molecule has 4 N–H and O–H groups in total. The van der Waals surface area contributed by atoms with Crippen LogP contribution < -0.4 is 11.1 Å². The molecule has 116 valence electrons. The maximum Gasteiger partial charge on any atom is 0.194 e. The van der Waals surface area contributed by atoms with Gasteiger partial charge < -0.3 is 11.1 Å². The van der Waals surface area contributed by atoms with Crippen molar-refractivity contribution < 1.29 is 0 Å². The Kier molecular flexibility index (Phi) is 8.35. The van der Waals surface area contributed by atoms with E-state index in [4.69, 9.17) is 23.4 Å². The molecule has 0 fully saturated rings. The van der Waals surface area contributed by atoms with E-state index in [-0.39, 0.29) is 5.96 Å². The number of hydrogen-bond donors (Lipinski definition) is 3. The molecule has 0 aliphatic rings. The number of guanidine groups is 1. The topological polar surface area (TPSA) is 78.0 Å². The van der Waals surface area contributed by atoms with E-state index in [2.05, 4.69) is 17.2 Å².